The molecule has 2 atom stereocenters. The van der Waals surface area contributed by atoms with Crippen molar-refractivity contribution in [3.05, 3.63) is 139 Å². The van der Waals surface area contributed by atoms with Gasteiger partial charge in [-0.15, -0.1) is 0 Å². The molecule has 1 amide bonds. The van der Waals surface area contributed by atoms with Crippen molar-refractivity contribution < 1.29 is 19.4 Å². The van der Waals surface area contributed by atoms with Gasteiger partial charge in [-0.1, -0.05) is 85.5 Å². The van der Waals surface area contributed by atoms with E-state index in [-0.39, 0.29) is 13.0 Å². The molecule has 0 aliphatic carbocycles. The molecular formula is C34H32Br2N6O4. The zero-order valence-corrected chi connectivity index (χ0v) is 27.9. The maximum Gasteiger partial charge on any atom is 0.266 e. The van der Waals surface area contributed by atoms with Crippen molar-refractivity contribution in [3.63, 3.8) is 0 Å². The van der Waals surface area contributed by atoms with Gasteiger partial charge in [0.2, 0.25) is 5.90 Å². The molecule has 0 saturated heterocycles. The average molecular weight is 748 g/mol. The first kappa shape index (κ1) is 33.2. The third-order valence-corrected chi connectivity index (χ3v) is 8.52. The third-order valence-electron chi connectivity index (χ3n) is 7.46. The van der Waals surface area contributed by atoms with Crippen LogP contribution in [0.25, 0.3) is 10.4 Å². The summed E-state index contributed by atoms with van der Waals surface area (Å²) in [7, 11) is 0. The fourth-order valence-electron chi connectivity index (χ4n) is 5.13. The monoisotopic (exact) mass is 746 g/mol. The van der Waals surface area contributed by atoms with E-state index in [1.807, 2.05) is 72.8 Å². The number of carbonyl (C=O) groups is 1. The van der Waals surface area contributed by atoms with Crippen molar-refractivity contribution in [1.29, 1.82) is 0 Å². The van der Waals surface area contributed by atoms with Crippen molar-refractivity contribution >= 4 is 49.4 Å². The number of amides is 1. The molecule has 1 heterocycles. The largest absolute Gasteiger partial charge is 0.494 e. The Balaban J connectivity index is 1.51. The number of ether oxygens (including phenoxy) is 2. The van der Waals surface area contributed by atoms with Crippen LogP contribution in [0.4, 0.5) is 5.69 Å². The number of azide groups is 1. The molecule has 3 N–H and O–H groups in total. The number of aliphatic hydroxyl groups excluding tert-OH is 1. The number of halogens is 2. The smallest absolute Gasteiger partial charge is 0.266 e. The first-order chi connectivity index (χ1) is 22.4. The SMILES string of the molecule is [N-]=[N+]=Nc1ccccc1C[C@]1(C(=O)NNCCc2ccc(Br)cc2)N=C(c2ccc(OCCCO)cc2)O[C@H]1c1ccc(Br)cc1. The molecule has 4 aromatic rings. The van der Waals surface area contributed by atoms with Gasteiger partial charge in [-0.25, -0.2) is 10.4 Å². The Hall–Kier alpha value is -4.19. The fourth-order valence-corrected chi connectivity index (χ4v) is 5.65. The maximum absolute atomic E-state index is 14.4. The van der Waals surface area contributed by atoms with Crippen LogP contribution in [0.1, 0.15) is 34.8 Å². The Labute approximate surface area is 283 Å². The molecule has 46 heavy (non-hydrogen) atoms. The molecule has 0 bridgehead atoms. The molecule has 0 fully saturated rings. The van der Waals surface area contributed by atoms with Crippen LogP contribution in [-0.4, -0.2) is 42.2 Å². The number of hydrazine groups is 1. The Bertz CT molecular complexity index is 1710. The standard InChI is InChI=1S/C34H32Br2N6O4/c35-27-12-6-23(7-13-27)18-19-38-41-33(44)34(22-26-4-1-2-5-30(26)40-42-37)31(24-8-14-28(36)15-9-24)46-32(39-34)25-10-16-29(17-11-25)45-21-3-20-43/h1-2,4-17,31,38,43H,3,18-22H2,(H,41,44)/t31-,34-/m0/s1. The second-order valence-corrected chi connectivity index (χ2v) is 12.4. The number of hydrogen-bond donors (Lipinski definition) is 3. The number of aliphatic hydroxyl groups is 1. The summed E-state index contributed by atoms with van der Waals surface area (Å²) in [5.74, 6) is 0.537. The molecule has 12 heteroatoms. The van der Waals surface area contributed by atoms with Crippen LogP contribution in [0, 0.1) is 0 Å². The van der Waals surface area contributed by atoms with Gasteiger partial charge in [0.15, 0.2) is 11.6 Å². The van der Waals surface area contributed by atoms with E-state index in [0.29, 0.717) is 54.5 Å². The van der Waals surface area contributed by atoms with Crippen LogP contribution < -0.4 is 15.6 Å². The number of carbonyl (C=O) groups excluding carboxylic acids is 1. The summed E-state index contributed by atoms with van der Waals surface area (Å²) in [6.45, 7) is 0.921. The van der Waals surface area contributed by atoms with E-state index >= 15 is 0 Å². The van der Waals surface area contributed by atoms with Gasteiger partial charge in [-0.05, 0) is 77.2 Å². The average Bonchev–Trinajstić information content (AvgIpc) is 3.46. The molecule has 0 radical (unpaired) electrons. The van der Waals surface area contributed by atoms with Gasteiger partial charge in [0, 0.05) is 51.1 Å². The number of nitrogens with one attached hydrogen (secondary N) is 2. The van der Waals surface area contributed by atoms with Gasteiger partial charge in [0.1, 0.15) is 5.75 Å². The minimum Gasteiger partial charge on any atom is -0.494 e. The molecule has 5 rings (SSSR count). The zero-order chi connectivity index (χ0) is 32.4. The van der Waals surface area contributed by atoms with Gasteiger partial charge in [-0.3, -0.25) is 10.2 Å². The number of benzene rings is 4. The van der Waals surface area contributed by atoms with Crippen LogP contribution in [0.3, 0.4) is 0 Å². The molecule has 1 aliphatic heterocycles. The van der Waals surface area contributed by atoms with Gasteiger partial charge < -0.3 is 14.6 Å². The predicted octanol–water partition coefficient (Wildman–Crippen LogP) is 7.28. The van der Waals surface area contributed by atoms with Crippen LogP contribution in [0.15, 0.2) is 116 Å². The van der Waals surface area contributed by atoms with Crippen LogP contribution in [0.2, 0.25) is 0 Å². The molecule has 1 aliphatic rings. The number of rotatable bonds is 14. The zero-order valence-electron chi connectivity index (χ0n) is 24.8. The normalized spacial score (nSPS) is 17.0. The summed E-state index contributed by atoms with van der Waals surface area (Å²) in [6, 6.07) is 30.0. The summed E-state index contributed by atoms with van der Waals surface area (Å²) in [4.78, 5) is 22.4. The van der Waals surface area contributed by atoms with E-state index in [1.54, 1.807) is 24.3 Å². The highest BCUT2D eigenvalue weighted by Crippen LogP contribution is 2.44. The van der Waals surface area contributed by atoms with Crippen molar-refractivity contribution in [2.24, 2.45) is 10.1 Å². The van der Waals surface area contributed by atoms with Gasteiger partial charge in [-0.2, -0.15) is 0 Å². The lowest BCUT2D eigenvalue weighted by Gasteiger charge is -2.31. The second-order valence-electron chi connectivity index (χ2n) is 10.6. The topological polar surface area (TPSA) is 141 Å². The summed E-state index contributed by atoms with van der Waals surface area (Å²) in [5, 5.41) is 13.0. The summed E-state index contributed by atoms with van der Waals surface area (Å²) in [5.41, 5.74) is 17.3. The number of nitrogens with zero attached hydrogens (tertiary/aromatic N) is 4. The highest BCUT2D eigenvalue weighted by atomic mass is 79.9. The lowest BCUT2D eigenvalue weighted by molar-refractivity contribution is -0.130. The minimum atomic E-state index is -1.48. The van der Waals surface area contributed by atoms with Gasteiger partial charge in [0.25, 0.3) is 5.91 Å². The molecule has 0 spiro atoms. The molecule has 236 valence electrons. The second kappa shape index (κ2) is 15.9. The highest BCUT2D eigenvalue weighted by molar-refractivity contribution is 9.10. The molecule has 10 nitrogen and oxygen atoms in total. The van der Waals surface area contributed by atoms with Gasteiger partial charge in [0.05, 0.1) is 6.61 Å². The van der Waals surface area contributed by atoms with Crippen molar-refractivity contribution in [3.8, 4) is 5.75 Å². The van der Waals surface area contributed by atoms with E-state index < -0.39 is 17.6 Å². The van der Waals surface area contributed by atoms with E-state index in [1.165, 1.54) is 0 Å². The van der Waals surface area contributed by atoms with E-state index in [4.69, 9.17) is 19.6 Å². The first-order valence-corrected chi connectivity index (χ1v) is 16.3. The summed E-state index contributed by atoms with van der Waals surface area (Å²) < 4.78 is 14.1. The van der Waals surface area contributed by atoms with Crippen molar-refractivity contribution in [2.45, 2.75) is 30.9 Å². The van der Waals surface area contributed by atoms with E-state index in [9.17, 15) is 10.3 Å². The lowest BCUT2D eigenvalue weighted by Crippen LogP contribution is -2.54. The molecule has 4 aromatic carbocycles. The Morgan fingerprint density at radius 1 is 1.00 bits per heavy atom. The summed E-state index contributed by atoms with van der Waals surface area (Å²) in [6.07, 6.45) is 0.491. The van der Waals surface area contributed by atoms with E-state index in [0.717, 1.165) is 20.1 Å². The van der Waals surface area contributed by atoms with Crippen molar-refractivity contribution in [2.75, 3.05) is 19.8 Å². The molecule has 0 aromatic heterocycles. The highest BCUT2D eigenvalue weighted by Gasteiger charge is 2.53. The minimum absolute atomic E-state index is 0.0478. The van der Waals surface area contributed by atoms with Crippen LogP contribution >= 0.6 is 31.9 Å². The Morgan fingerprint density at radius 3 is 2.39 bits per heavy atom. The van der Waals surface area contributed by atoms with Gasteiger partial charge >= 0.3 is 0 Å². The van der Waals surface area contributed by atoms with Crippen LogP contribution in [-0.2, 0) is 22.4 Å². The fraction of sp³-hybridized carbons (Fsp3) is 0.235. The quantitative estimate of drug-likeness (QED) is 0.0409. The predicted molar refractivity (Wildman–Crippen MR) is 184 cm³/mol. The molecule has 0 saturated carbocycles. The lowest BCUT2D eigenvalue weighted by atomic mass is 9.81. The number of hydrogen-bond acceptors (Lipinski definition) is 7. The molecule has 0 unspecified atom stereocenters. The third kappa shape index (κ3) is 8.14. The maximum atomic E-state index is 14.4. The summed E-state index contributed by atoms with van der Waals surface area (Å²) >= 11 is 6.96. The first-order valence-electron chi connectivity index (χ1n) is 14.7. The van der Waals surface area contributed by atoms with Crippen LogP contribution in [0.5, 0.6) is 5.75 Å². The van der Waals surface area contributed by atoms with Crippen molar-refractivity contribution in [1.82, 2.24) is 10.9 Å². The molecular weight excluding hydrogens is 716 g/mol. The number of aliphatic imine (C=N–C) groups is 1. The Kier molecular flexibility index (Phi) is 11.5. The Morgan fingerprint density at radius 2 is 1.70 bits per heavy atom. The van der Waals surface area contributed by atoms with E-state index in [2.05, 4.69) is 52.7 Å².